The van der Waals surface area contributed by atoms with Crippen LogP contribution in [0.25, 0.3) is 0 Å². The average molecular weight is 300 g/mol. The van der Waals surface area contributed by atoms with Gasteiger partial charge in [0, 0.05) is 6.07 Å². The molecule has 0 amide bonds. The summed E-state index contributed by atoms with van der Waals surface area (Å²) >= 11 is 0. The number of ether oxygens (including phenoxy) is 3. The van der Waals surface area contributed by atoms with Crippen LogP contribution in [0, 0.1) is 0 Å². The van der Waals surface area contributed by atoms with Gasteiger partial charge in [-0.1, -0.05) is 18.2 Å². The Hall–Kier alpha value is -2.82. The lowest BCUT2D eigenvalue weighted by molar-refractivity contribution is 0.0732. The van der Waals surface area contributed by atoms with Gasteiger partial charge in [-0.15, -0.1) is 0 Å². The topological polar surface area (TPSA) is 61.8 Å². The fraction of sp³-hybridized carbons (Fsp3) is 0.176. The third-order valence-corrected chi connectivity index (χ3v) is 3.08. The summed E-state index contributed by atoms with van der Waals surface area (Å²) in [5.74, 6) is 0.127. The number of rotatable bonds is 5. The highest BCUT2D eigenvalue weighted by molar-refractivity contribution is 5.99. The molecule has 0 aromatic heterocycles. The first-order valence-electron chi connectivity index (χ1n) is 6.61. The van der Waals surface area contributed by atoms with Gasteiger partial charge in [0.1, 0.15) is 5.75 Å². The summed E-state index contributed by atoms with van der Waals surface area (Å²) in [6.45, 7) is 1.39. The number of ketones is 1. The van der Waals surface area contributed by atoms with E-state index >= 15 is 0 Å². The summed E-state index contributed by atoms with van der Waals surface area (Å²) in [7, 11) is 2.94. The van der Waals surface area contributed by atoms with E-state index in [0.717, 1.165) is 0 Å². The number of hydrogen-bond acceptors (Lipinski definition) is 5. The molecule has 0 aliphatic heterocycles. The maximum Gasteiger partial charge on any atom is 0.343 e. The smallest absolute Gasteiger partial charge is 0.343 e. The van der Waals surface area contributed by atoms with Crippen molar-refractivity contribution in [2.75, 3.05) is 14.2 Å². The highest BCUT2D eigenvalue weighted by Gasteiger charge is 2.18. The Kier molecular flexibility index (Phi) is 4.78. The number of carbonyl (C=O) groups excluding carboxylic acids is 2. The van der Waals surface area contributed by atoms with Crippen molar-refractivity contribution in [3.05, 3.63) is 53.6 Å². The minimum absolute atomic E-state index is 0.138. The van der Waals surface area contributed by atoms with E-state index in [1.165, 1.54) is 33.3 Å². The van der Waals surface area contributed by atoms with Crippen molar-refractivity contribution in [2.24, 2.45) is 0 Å². The van der Waals surface area contributed by atoms with Gasteiger partial charge in [-0.05, 0) is 25.1 Å². The number of Topliss-reactive ketones (excluding diaryl/α,β-unsaturated/α-hetero) is 1. The zero-order valence-electron chi connectivity index (χ0n) is 12.6. The molecule has 0 spiro atoms. The first kappa shape index (κ1) is 15.6. The Morgan fingerprint density at radius 3 is 2.00 bits per heavy atom. The number of methoxy groups -OCH3 is 2. The molecule has 0 aliphatic carbocycles. The van der Waals surface area contributed by atoms with Gasteiger partial charge in [-0.2, -0.15) is 0 Å². The fourth-order valence-electron chi connectivity index (χ4n) is 1.95. The zero-order chi connectivity index (χ0) is 16.1. The normalized spacial score (nSPS) is 9.95. The molecular weight excluding hydrogens is 284 g/mol. The van der Waals surface area contributed by atoms with E-state index in [4.69, 9.17) is 14.2 Å². The molecule has 0 saturated heterocycles. The molecule has 0 N–H and O–H groups in total. The largest absolute Gasteiger partial charge is 0.493 e. The van der Waals surface area contributed by atoms with E-state index in [-0.39, 0.29) is 17.1 Å². The number of carbonyl (C=O) groups is 2. The first-order chi connectivity index (χ1) is 10.6. The van der Waals surface area contributed by atoms with Gasteiger partial charge in [-0.25, -0.2) is 4.79 Å². The maximum atomic E-state index is 12.1. The van der Waals surface area contributed by atoms with Crippen LogP contribution in [0.2, 0.25) is 0 Å². The zero-order valence-corrected chi connectivity index (χ0v) is 12.6. The van der Waals surface area contributed by atoms with Crippen LogP contribution in [-0.4, -0.2) is 26.0 Å². The van der Waals surface area contributed by atoms with E-state index in [1.807, 2.05) is 0 Å². The van der Waals surface area contributed by atoms with Crippen LogP contribution >= 0.6 is 0 Å². The summed E-state index contributed by atoms with van der Waals surface area (Å²) in [5.41, 5.74) is 0.647. The van der Waals surface area contributed by atoms with Crippen LogP contribution in [0.1, 0.15) is 27.6 Å². The average Bonchev–Trinajstić information content (AvgIpc) is 2.54. The summed E-state index contributed by atoms with van der Waals surface area (Å²) in [5, 5.41) is 0. The minimum atomic E-state index is -0.546. The van der Waals surface area contributed by atoms with Crippen molar-refractivity contribution in [1.29, 1.82) is 0 Å². The quantitative estimate of drug-likeness (QED) is 0.482. The Morgan fingerprint density at radius 1 is 0.864 bits per heavy atom. The van der Waals surface area contributed by atoms with E-state index in [2.05, 4.69) is 0 Å². The molecule has 0 bridgehead atoms. The van der Waals surface area contributed by atoms with E-state index < -0.39 is 5.97 Å². The second-order valence-electron chi connectivity index (χ2n) is 4.52. The molecule has 22 heavy (non-hydrogen) atoms. The highest BCUT2D eigenvalue weighted by Crippen LogP contribution is 2.35. The monoisotopic (exact) mass is 300 g/mol. The van der Waals surface area contributed by atoms with Gasteiger partial charge >= 0.3 is 5.97 Å². The third-order valence-electron chi connectivity index (χ3n) is 3.08. The van der Waals surface area contributed by atoms with Gasteiger partial charge in [0.25, 0.3) is 0 Å². The predicted molar refractivity (Wildman–Crippen MR) is 81.0 cm³/mol. The molecule has 2 aromatic rings. The number of benzene rings is 2. The Labute approximate surface area is 128 Å². The van der Waals surface area contributed by atoms with Crippen LogP contribution in [0.3, 0.4) is 0 Å². The van der Waals surface area contributed by atoms with Crippen molar-refractivity contribution >= 4 is 11.8 Å². The molecule has 5 heteroatoms. The van der Waals surface area contributed by atoms with Crippen molar-refractivity contribution in [1.82, 2.24) is 0 Å². The van der Waals surface area contributed by atoms with Crippen molar-refractivity contribution in [3.8, 4) is 17.2 Å². The van der Waals surface area contributed by atoms with Crippen LogP contribution in [0.4, 0.5) is 0 Å². The number of esters is 1. The summed E-state index contributed by atoms with van der Waals surface area (Å²) < 4.78 is 15.7. The minimum Gasteiger partial charge on any atom is -0.493 e. The van der Waals surface area contributed by atoms with Crippen molar-refractivity contribution < 1.29 is 23.8 Å². The number of hydrogen-bond donors (Lipinski definition) is 0. The van der Waals surface area contributed by atoms with E-state index in [1.54, 1.807) is 30.3 Å². The van der Waals surface area contributed by atoms with Crippen LogP contribution < -0.4 is 14.2 Å². The lowest BCUT2D eigenvalue weighted by atomic mass is 10.1. The Balaban J connectivity index is 2.41. The maximum absolute atomic E-state index is 12.1. The van der Waals surface area contributed by atoms with Gasteiger partial charge < -0.3 is 14.2 Å². The molecule has 0 heterocycles. The first-order valence-corrected chi connectivity index (χ1v) is 6.61. The molecule has 0 aliphatic rings. The van der Waals surface area contributed by atoms with Gasteiger partial charge in [0.2, 0.25) is 0 Å². The second kappa shape index (κ2) is 6.76. The standard InChI is InChI=1S/C17H16O5/c1-11(18)13-9-15(20-2)16(21-3)10-14(13)22-17(19)12-7-5-4-6-8-12/h4-10H,1-3H3. The summed E-state index contributed by atoms with van der Waals surface area (Å²) in [6.07, 6.45) is 0. The van der Waals surface area contributed by atoms with E-state index in [0.29, 0.717) is 17.1 Å². The molecule has 5 nitrogen and oxygen atoms in total. The predicted octanol–water partition coefficient (Wildman–Crippen LogP) is 3.13. The Morgan fingerprint density at radius 2 is 1.45 bits per heavy atom. The van der Waals surface area contributed by atoms with Crippen LogP contribution in [0.5, 0.6) is 17.2 Å². The van der Waals surface area contributed by atoms with Crippen LogP contribution in [-0.2, 0) is 0 Å². The Bertz CT molecular complexity index is 692. The van der Waals surface area contributed by atoms with Crippen molar-refractivity contribution in [2.45, 2.75) is 6.92 Å². The van der Waals surface area contributed by atoms with E-state index in [9.17, 15) is 9.59 Å². The summed E-state index contributed by atoms with van der Waals surface area (Å²) in [6, 6.07) is 11.5. The fourth-order valence-corrected chi connectivity index (χ4v) is 1.95. The molecule has 0 saturated carbocycles. The lowest BCUT2D eigenvalue weighted by Gasteiger charge is -2.13. The molecule has 0 radical (unpaired) electrons. The molecule has 0 unspecified atom stereocenters. The van der Waals surface area contributed by atoms with Crippen LogP contribution in [0.15, 0.2) is 42.5 Å². The third kappa shape index (κ3) is 3.25. The van der Waals surface area contributed by atoms with Gasteiger partial charge in [0.15, 0.2) is 17.3 Å². The molecule has 0 atom stereocenters. The second-order valence-corrected chi connectivity index (χ2v) is 4.52. The summed E-state index contributed by atoms with van der Waals surface area (Å²) in [4.78, 5) is 23.9. The molecule has 114 valence electrons. The van der Waals surface area contributed by atoms with Gasteiger partial charge in [0.05, 0.1) is 25.3 Å². The molecular formula is C17H16O5. The highest BCUT2D eigenvalue weighted by atomic mass is 16.5. The SMILES string of the molecule is COc1cc(OC(=O)c2ccccc2)c(C(C)=O)cc1OC. The molecule has 2 rings (SSSR count). The van der Waals surface area contributed by atoms with Gasteiger partial charge in [-0.3, -0.25) is 4.79 Å². The molecule has 2 aromatic carbocycles. The van der Waals surface area contributed by atoms with Crippen molar-refractivity contribution in [3.63, 3.8) is 0 Å². The molecule has 0 fully saturated rings. The lowest BCUT2D eigenvalue weighted by Crippen LogP contribution is -2.11.